The van der Waals surface area contributed by atoms with Crippen molar-refractivity contribution in [1.29, 1.82) is 0 Å². The summed E-state index contributed by atoms with van der Waals surface area (Å²) in [5.74, 6) is 8.00. The van der Waals surface area contributed by atoms with Gasteiger partial charge in [0.25, 0.3) is 0 Å². The van der Waals surface area contributed by atoms with E-state index in [-0.39, 0.29) is 45.2 Å². The quantitative estimate of drug-likeness (QED) is 0.237. The van der Waals surface area contributed by atoms with Crippen molar-refractivity contribution in [2.24, 2.45) is 11.7 Å². The van der Waals surface area contributed by atoms with Crippen LogP contribution in [0.5, 0.6) is 0 Å². The summed E-state index contributed by atoms with van der Waals surface area (Å²) >= 11 is 0. The maximum Gasteiger partial charge on any atom is 2.00 e. The van der Waals surface area contributed by atoms with Crippen LogP contribution in [0.3, 0.4) is 0 Å². The van der Waals surface area contributed by atoms with Gasteiger partial charge in [-0.25, -0.2) is 0 Å². The second kappa shape index (κ2) is 66.2. The van der Waals surface area contributed by atoms with E-state index in [0.29, 0.717) is 0 Å². The van der Waals surface area contributed by atoms with E-state index >= 15 is 0 Å². The number of rotatable bonds is 0. The van der Waals surface area contributed by atoms with Crippen molar-refractivity contribution in [2.75, 3.05) is 0 Å². The van der Waals surface area contributed by atoms with E-state index in [1.54, 1.807) is 0 Å². The molecule has 0 unspecified atom stereocenters. The molecule has 0 rings (SSSR count). The zero-order chi connectivity index (χ0) is 2.00. The van der Waals surface area contributed by atoms with Gasteiger partial charge in [-0.15, -0.1) is 0 Å². The summed E-state index contributed by atoms with van der Waals surface area (Å²) < 4.78 is 0. The van der Waals surface area contributed by atoms with Crippen LogP contribution < -0.4 is 36.5 Å². The van der Waals surface area contributed by atoms with Crippen LogP contribution in [0.4, 0.5) is 0 Å². The van der Waals surface area contributed by atoms with Crippen molar-refractivity contribution >= 4 is 0 Å². The Balaban J connectivity index is -0.00000000167. The maximum atomic E-state index is 4.00. The van der Waals surface area contributed by atoms with E-state index in [1.165, 1.54) is 0 Å². The molecule has 0 aromatic rings. The van der Waals surface area contributed by atoms with Crippen molar-refractivity contribution in [3.63, 3.8) is 0 Å². The predicted octanol–water partition coefficient (Wildman–Crippen LogP) is -7.18. The van der Waals surface area contributed by atoms with Crippen molar-refractivity contribution in [3.05, 3.63) is 0 Å². The van der Waals surface area contributed by atoms with Crippen LogP contribution >= 0.6 is 0 Å². The van der Waals surface area contributed by atoms with Gasteiger partial charge in [-0.1, -0.05) is 0 Å². The molecule has 5 heavy (non-hydrogen) atoms. The Morgan fingerprint density at radius 3 is 0.800 bits per heavy atom. The van der Waals surface area contributed by atoms with Gasteiger partial charge in [-0.2, -0.15) is 0 Å². The second-order valence-electron chi connectivity index (χ2n) is 0. The number of hydrogen-bond acceptors (Lipinski definition) is 2. The van der Waals surface area contributed by atoms with Gasteiger partial charge < -0.3 is 24.8 Å². The normalized spacial score (nSPS) is 1.20. The smallest absolute Gasteiger partial charge is 1.00 e. The zero-order valence-corrected chi connectivity index (χ0v) is 5.29. The topological polar surface area (TPSA) is 52.0 Å². The van der Waals surface area contributed by atoms with Gasteiger partial charge in [0.1, 0.15) is 0 Å². The molecular formula is H4Cl2N2Pd. The molecule has 38 valence electrons. The van der Waals surface area contributed by atoms with E-state index in [1.807, 2.05) is 0 Å². The number of halogens is 2. The van der Waals surface area contributed by atoms with Gasteiger partial charge in [0, 0.05) is 0 Å². The Kier molecular flexibility index (Phi) is 465. The zero-order valence-electron chi connectivity index (χ0n) is 2.23. The largest absolute Gasteiger partial charge is 2.00 e. The van der Waals surface area contributed by atoms with Gasteiger partial charge in [-0.05, 0) is 0 Å². The molecule has 5 heteroatoms. The maximum absolute atomic E-state index is 4.00. The SMILES string of the molecule is NN.[Cl-].[Cl-].[Pd+2]. The summed E-state index contributed by atoms with van der Waals surface area (Å²) in [6.45, 7) is 0. The Bertz CT molecular complexity index is 7.61. The molecule has 0 aromatic carbocycles. The van der Waals surface area contributed by atoms with Crippen molar-refractivity contribution in [3.8, 4) is 0 Å². The van der Waals surface area contributed by atoms with Gasteiger partial charge in [0.15, 0.2) is 0 Å². The minimum atomic E-state index is 0. The molecule has 0 amide bonds. The first-order valence-corrected chi connectivity index (χ1v) is 0.333. The molecule has 0 fully saturated rings. The number of hydrazine groups is 1. The number of hydrogen-bond donors (Lipinski definition) is 2. The van der Waals surface area contributed by atoms with Gasteiger partial charge in [-0.3, -0.25) is 11.7 Å². The summed E-state index contributed by atoms with van der Waals surface area (Å²) in [4.78, 5) is 0. The molecule has 0 aliphatic rings. The second-order valence-corrected chi connectivity index (χ2v) is 0. The molecule has 2 nitrogen and oxygen atoms in total. The third kappa shape index (κ3) is 38.2. The molecule has 0 heterocycles. The first-order valence-electron chi connectivity index (χ1n) is 0.333. The minimum Gasteiger partial charge on any atom is -1.00 e. The van der Waals surface area contributed by atoms with Crippen molar-refractivity contribution in [1.82, 2.24) is 0 Å². The third-order valence-corrected chi connectivity index (χ3v) is 0. The van der Waals surface area contributed by atoms with Crippen LogP contribution in [0, 0.1) is 0 Å². The van der Waals surface area contributed by atoms with Crippen LogP contribution in [0.2, 0.25) is 0 Å². The molecule has 0 aliphatic heterocycles. The molecule has 0 radical (unpaired) electrons. The monoisotopic (exact) mass is 208 g/mol. The average Bonchev–Trinajstić information content (AvgIpc) is 1.00. The van der Waals surface area contributed by atoms with Gasteiger partial charge in [0.2, 0.25) is 0 Å². The van der Waals surface area contributed by atoms with E-state index in [9.17, 15) is 0 Å². The van der Waals surface area contributed by atoms with E-state index in [0.717, 1.165) is 0 Å². The third-order valence-electron chi connectivity index (χ3n) is 0. The Hall–Kier alpha value is 1.16. The standard InChI is InChI=1S/2ClH.H4N2.Pd/c;;1-2;/h2*1H;1-2H2;/q;;;+2/p-2. The van der Waals surface area contributed by atoms with Gasteiger partial charge in [0.05, 0.1) is 0 Å². The fourth-order valence-corrected chi connectivity index (χ4v) is 0. The Labute approximate surface area is 57.1 Å². The molecule has 0 saturated heterocycles. The van der Waals surface area contributed by atoms with Gasteiger partial charge >= 0.3 is 20.4 Å². The molecule has 0 spiro atoms. The summed E-state index contributed by atoms with van der Waals surface area (Å²) in [6, 6.07) is 0. The van der Waals surface area contributed by atoms with E-state index in [2.05, 4.69) is 11.7 Å². The Morgan fingerprint density at radius 1 is 0.800 bits per heavy atom. The first-order chi connectivity index (χ1) is 1.00. The molecular weight excluding hydrogens is 205 g/mol. The molecule has 4 N–H and O–H groups in total. The van der Waals surface area contributed by atoms with Crippen LogP contribution in [-0.2, 0) is 20.4 Å². The summed E-state index contributed by atoms with van der Waals surface area (Å²) in [5, 5.41) is 0. The number of nitrogens with two attached hydrogens (primary N) is 2. The van der Waals surface area contributed by atoms with Crippen LogP contribution in [-0.4, -0.2) is 0 Å². The molecule has 0 aromatic heterocycles. The fraction of sp³-hybridized carbons (Fsp3) is 0. The summed E-state index contributed by atoms with van der Waals surface area (Å²) in [7, 11) is 0. The predicted molar refractivity (Wildman–Crippen MR) is 8.37 cm³/mol. The first kappa shape index (κ1) is 35.1. The summed E-state index contributed by atoms with van der Waals surface area (Å²) in [5.41, 5.74) is 0. The van der Waals surface area contributed by atoms with E-state index in [4.69, 9.17) is 0 Å². The summed E-state index contributed by atoms with van der Waals surface area (Å²) in [6.07, 6.45) is 0. The van der Waals surface area contributed by atoms with Crippen LogP contribution in [0.15, 0.2) is 0 Å². The molecule has 0 atom stereocenters. The van der Waals surface area contributed by atoms with Crippen LogP contribution in [0.25, 0.3) is 0 Å². The fourth-order valence-electron chi connectivity index (χ4n) is 0. The molecule has 0 saturated carbocycles. The van der Waals surface area contributed by atoms with E-state index < -0.39 is 0 Å². The minimum absolute atomic E-state index is 0. The van der Waals surface area contributed by atoms with Crippen molar-refractivity contribution < 1.29 is 45.2 Å². The van der Waals surface area contributed by atoms with Crippen molar-refractivity contribution in [2.45, 2.75) is 0 Å². The molecule has 0 bridgehead atoms. The molecule has 0 aliphatic carbocycles. The average molecular weight is 209 g/mol. The van der Waals surface area contributed by atoms with Crippen LogP contribution in [0.1, 0.15) is 0 Å². The Morgan fingerprint density at radius 2 is 0.800 bits per heavy atom.